The summed E-state index contributed by atoms with van der Waals surface area (Å²) in [7, 11) is 0. The first-order chi connectivity index (χ1) is 6.15. The minimum absolute atomic E-state index is 0.0602. The van der Waals surface area contributed by atoms with E-state index in [-0.39, 0.29) is 5.92 Å². The van der Waals surface area contributed by atoms with E-state index in [9.17, 15) is 8.78 Å². The molecule has 1 aromatic rings. The van der Waals surface area contributed by atoms with Gasteiger partial charge in [-0.05, 0) is 6.42 Å². The van der Waals surface area contributed by atoms with Crippen LogP contribution in [0.4, 0.5) is 8.78 Å². The van der Waals surface area contributed by atoms with E-state index in [1.165, 1.54) is 0 Å². The van der Waals surface area contributed by atoms with Crippen molar-refractivity contribution in [2.24, 2.45) is 0 Å². The Labute approximate surface area is 75.1 Å². The van der Waals surface area contributed by atoms with E-state index in [0.717, 1.165) is 12.8 Å². The van der Waals surface area contributed by atoms with Gasteiger partial charge in [0.15, 0.2) is 0 Å². The monoisotopic (exact) mass is 190 g/mol. The molecule has 0 aromatic carbocycles. The maximum Gasteiger partial charge on any atom is 0.300 e. The van der Waals surface area contributed by atoms with Crippen molar-refractivity contribution in [3.05, 3.63) is 11.7 Å². The SMILES string of the molecule is CCCC(C)c1nc(C(F)F)no1. The zero-order chi connectivity index (χ0) is 9.84. The highest BCUT2D eigenvalue weighted by Crippen LogP contribution is 2.21. The molecule has 0 bridgehead atoms. The predicted octanol–water partition coefficient (Wildman–Crippen LogP) is 2.91. The topological polar surface area (TPSA) is 38.9 Å². The van der Waals surface area contributed by atoms with Crippen LogP contribution in [0.3, 0.4) is 0 Å². The Bertz CT molecular complexity index is 262. The molecular weight excluding hydrogens is 178 g/mol. The quantitative estimate of drug-likeness (QED) is 0.732. The van der Waals surface area contributed by atoms with Crippen LogP contribution in [0.1, 0.15) is 50.7 Å². The van der Waals surface area contributed by atoms with Gasteiger partial charge < -0.3 is 4.52 Å². The molecule has 1 atom stereocenters. The van der Waals surface area contributed by atoms with Gasteiger partial charge in [0, 0.05) is 5.92 Å². The third-order valence-electron chi connectivity index (χ3n) is 1.80. The first-order valence-electron chi connectivity index (χ1n) is 4.26. The summed E-state index contributed by atoms with van der Waals surface area (Å²) in [6.45, 7) is 3.90. The Morgan fingerprint density at radius 3 is 2.62 bits per heavy atom. The molecule has 1 aromatic heterocycles. The third-order valence-corrected chi connectivity index (χ3v) is 1.80. The number of hydrogen-bond acceptors (Lipinski definition) is 3. The highest BCUT2D eigenvalue weighted by molar-refractivity contribution is 4.92. The minimum Gasteiger partial charge on any atom is -0.339 e. The molecule has 0 saturated heterocycles. The molecule has 5 heteroatoms. The molecule has 0 fully saturated rings. The van der Waals surface area contributed by atoms with Crippen LogP contribution >= 0.6 is 0 Å². The van der Waals surface area contributed by atoms with Gasteiger partial charge in [-0.15, -0.1) is 0 Å². The van der Waals surface area contributed by atoms with Gasteiger partial charge >= 0.3 is 6.43 Å². The van der Waals surface area contributed by atoms with Crippen LogP contribution < -0.4 is 0 Å². The number of halogens is 2. The summed E-state index contributed by atoms with van der Waals surface area (Å²) >= 11 is 0. The van der Waals surface area contributed by atoms with Gasteiger partial charge in [0.1, 0.15) is 0 Å². The van der Waals surface area contributed by atoms with E-state index >= 15 is 0 Å². The maximum absolute atomic E-state index is 12.0. The first kappa shape index (κ1) is 10.1. The highest BCUT2D eigenvalue weighted by atomic mass is 19.3. The van der Waals surface area contributed by atoms with E-state index in [2.05, 4.69) is 10.1 Å². The summed E-state index contributed by atoms with van der Waals surface area (Å²) in [6.07, 6.45) is -0.815. The normalized spacial score (nSPS) is 13.6. The largest absolute Gasteiger partial charge is 0.339 e. The zero-order valence-electron chi connectivity index (χ0n) is 7.63. The van der Waals surface area contributed by atoms with Crippen LogP contribution in [-0.4, -0.2) is 10.1 Å². The van der Waals surface area contributed by atoms with Crippen LogP contribution in [-0.2, 0) is 0 Å². The molecule has 0 spiro atoms. The Kier molecular flexibility index (Phi) is 3.33. The Morgan fingerprint density at radius 1 is 1.46 bits per heavy atom. The molecule has 1 heterocycles. The van der Waals surface area contributed by atoms with Crippen molar-refractivity contribution in [1.82, 2.24) is 10.1 Å². The van der Waals surface area contributed by atoms with Crippen LogP contribution in [0.15, 0.2) is 4.52 Å². The second-order valence-electron chi connectivity index (χ2n) is 2.98. The van der Waals surface area contributed by atoms with Gasteiger partial charge in [0.2, 0.25) is 11.7 Å². The fraction of sp³-hybridized carbons (Fsp3) is 0.750. The molecule has 0 amide bonds. The fourth-order valence-electron chi connectivity index (χ4n) is 1.09. The Balaban J connectivity index is 2.67. The van der Waals surface area contributed by atoms with Gasteiger partial charge in [-0.25, -0.2) is 8.78 Å². The van der Waals surface area contributed by atoms with Crippen LogP contribution in [0.2, 0.25) is 0 Å². The summed E-state index contributed by atoms with van der Waals surface area (Å²) in [4.78, 5) is 3.60. The number of rotatable bonds is 4. The molecule has 0 saturated carbocycles. The summed E-state index contributed by atoms with van der Waals surface area (Å²) in [6, 6.07) is 0. The van der Waals surface area contributed by atoms with Gasteiger partial charge in [-0.3, -0.25) is 0 Å². The lowest BCUT2D eigenvalue weighted by Crippen LogP contribution is -1.94. The molecular formula is C8H12F2N2O. The average molecular weight is 190 g/mol. The molecule has 0 aliphatic heterocycles. The van der Waals surface area contributed by atoms with Crippen molar-refractivity contribution >= 4 is 0 Å². The maximum atomic E-state index is 12.0. The summed E-state index contributed by atoms with van der Waals surface area (Å²) in [5.41, 5.74) is 0. The van der Waals surface area contributed by atoms with E-state index < -0.39 is 12.2 Å². The van der Waals surface area contributed by atoms with Gasteiger partial charge in [0.05, 0.1) is 0 Å². The predicted molar refractivity (Wildman–Crippen MR) is 42.6 cm³/mol. The molecule has 0 N–H and O–H groups in total. The van der Waals surface area contributed by atoms with Gasteiger partial charge in [-0.1, -0.05) is 25.4 Å². The van der Waals surface area contributed by atoms with Crippen molar-refractivity contribution in [2.45, 2.75) is 39.0 Å². The Morgan fingerprint density at radius 2 is 2.15 bits per heavy atom. The second kappa shape index (κ2) is 4.30. The molecule has 13 heavy (non-hydrogen) atoms. The molecule has 3 nitrogen and oxygen atoms in total. The van der Waals surface area contributed by atoms with E-state index in [4.69, 9.17) is 4.52 Å². The summed E-state index contributed by atoms with van der Waals surface area (Å²) < 4.78 is 28.8. The molecule has 0 aliphatic carbocycles. The van der Waals surface area contributed by atoms with Crippen LogP contribution in [0.25, 0.3) is 0 Å². The first-order valence-corrected chi connectivity index (χ1v) is 4.26. The number of nitrogens with zero attached hydrogens (tertiary/aromatic N) is 2. The van der Waals surface area contributed by atoms with E-state index in [0.29, 0.717) is 5.89 Å². The molecule has 1 rings (SSSR count). The van der Waals surface area contributed by atoms with Crippen molar-refractivity contribution in [3.63, 3.8) is 0 Å². The lowest BCUT2D eigenvalue weighted by molar-refractivity contribution is 0.136. The van der Waals surface area contributed by atoms with Gasteiger partial charge in [-0.2, -0.15) is 4.98 Å². The fourth-order valence-corrected chi connectivity index (χ4v) is 1.09. The summed E-state index contributed by atoms with van der Waals surface area (Å²) in [5, 5.41) is 3.18. The standard InChI is InChI=1S/C8H12F2N2O/c1-3-4-5(2)8-11-7(6(9)10)12-13-8/h5-6H,3-4H2,1-2H3. The summed E-state index contributed by atoms with van der Waals surface area (Å²) in [5.74, 6) is -0.153. The molecule has 74 valence electrons. The highest BCUT2D eigenvalue weighted by Gasteiger charge is 2.18. The van der Waals surface area contributed by atoms with Crippen molar-refractivity contribution in [2.75, 3.05) is 0 Å². The van der Waals surface area contributed by atoms with Crippen LogP contribution in [0, 0.1) is 0 Å². The van der Waals surface area contributed by atoms with E-state index in [1.807, 2.05) is 13.8 Å². The number of aromatic nitrogens is 2. The number of alkyl halides is 2. The lowest BCUT2D eigenvalue weighted by atomic mass is 10.1. The van der Waals surface area contributed by atoms with Crippen LogP contribution in [0.5, 0.6) is 0 Å². The van der Waals surface area contributed by atoms with Crippen molar-refractivity contribution in [3.8, 4) is 0 Å². The molecule has 0 aliphatic rings. The lowest BCUT2D eigenvalue weighted by Gasteiger charge is -2.01. The third kappa shape index (κ3) is 2.47. The van der Waals surface area contributed by atoms with E-state index in [1.54, 1.807) is 0 Å². The molecule has 1 unspecified atom stereocenters. The number of hydrogen-bond donors (Lipinski definition) is 0. The average Bonchev–Trinajstić information content (AvgIpc) is 2.52. The minimum atomic E-state index is -2.65. The van der Waals surface area contributed by atoms with Crippen molar-refractivity contribution in [1.29, 1.82) is 0 Å². The molecule has 0 radical (unpaired) electrons. The second-order valence-corrected chi connectivity index (χ2v) is 2.98. The van der Waals surface area contributed by atoms with Crippen molar-refractivity contribution < 1.29 is 13.3 Å². The zero-order valence-corrected chi connectivity index (χ0v) is 7.63. The Hall–Kier alpha value is -1.00. The smallest absolute Gasteiger partial charge is 0.300 e. The van der Waals surface area contributed by atoms with Gasteiger partial charge in [0.25, 0.3) is 0 Å².